The molecule has 0 saturated heterocycles. The highest BCUT2D eigenvalue weighted by atomic mass is 79.9. The lowest BCUT2D eigenvalue weighted by Gasteiger charge is -2.30. The number of rotatable bonds is 11. The molecule has 0 bridgehead atoms. The van der Waals surface area contributed by atoms with Gasteiger partial charge >= 0.3 is 0 Å². The molecule has 0 spiro atoms. The Bertz CT molecular complexity index is 1060. The molecule has 0 aromatic heterocycles. The van der Waals surface area contributed by atoms with E-state index in [4.69, 9.17) is 11.6 Å². The molecular weight excluding hydrogens is 530 g/mol. The maximum atomic E-state index is 13.3. The first kappa shape index (κ1) is 27.3. The van der Waals surface area contributed by atoms with Crippen molar-refractivity contribution in [2.24, 2.45) is 0 Å². The summed E-state index contributed by atoms with van der Waals surface area (Å²) in [4.78, 5) is 27.4. The maximum absolute atomic E-state index is 13.3. The van der Waals surface area contributed by atoms with Crippen LogP contribution in [-0.4, -0.2) is 55.6 Å². The summed E-state index contributed by atoms with van der Waals surface area (Å²) in [6.45, 7) is 3.94. The van der Waals surface area contributed by atoms with Gasteiger partial charge in [-0.25, -0.2) is 8.42 Å². The van der Waals surface area contributed by atoms with E-state index in [2.05, 4.69) is 21.2 Å². The van der Waals surface area contributed by atoms with Crippen LogP contribution in [-0.2, 0) is 26.2 Å². The van der Waals surface area contributed by atoms with Crippen molar-refractivity contribution in [3.63, 3.8) is 0 Å². The van der Waals surface area contributed by atoms with E-state index in [9.17, 15) is 18.0 Å². The van der Waals surface area contributed by atoms with Crippen molar-refractivity contribution < 1.29 is 18.0 Å². The van der Waals surface area contributed by atoms with Gasteiger partial charge in [-0.05, 0) is 55.3 Å². The Kier molecular flexibility index (Phi) is 10.3. The molecule has 0 saturated carbocycles. The lowest BCUT2D eigenvalue weighted by molar-refractivity contribution is -0.140. The van der Waals surface area contributed by atoms with Crippen LogP contribution in [0.4, 0.5) is 0 Å². The maximum Gasteiger partial charge on any atom is 0.243 e. The van der Waals surface area contributed by atoms with Gasteiger partial charge in [0.2, 0.25) is 21.8 Å². The van der Waals surface area contributed by atoms with Gasteiger partial charge in [-0.1, -0.05) is 53.0 Å². The molecule has 1 atom stereocenters. The predicted octanol–water partition coefficient (Wildman–Crippen LogP) is 4.06. The number of carbonyl (C=O) groups excluding carboxylic acids is 2. The third kappa shape index (κ3) is 7.81. The standard InChI is InChI=1S/C23H29BrClN3O4S/c1-4-5-13-26-23(30)17(2)28(15-18-7-6-8-19(24)14-18)22(29)16-27(3)33(31,32)21-11-9-20(25)10-12-21/h6-12,14,17H,4-5,13,15-16H2,1-3H3,(H,26,30)/t17-/m0/s1. The molecule has 0 aliphatic heterocycles. The molecule has 0 radical (unpaired) electrons. The van der Waals surface area contributed by atoms with Crippen LogP contribution < -0.4 is 5.32 Å². The monoisotopic (exact) mass is 557 g/mol. The Hall–Kier alpha value is -1.94. The first-order valence-electron chi connectivity index (χ1n) is 10.6. The van der Waals surface area contributed by atoms with Gasteiger partial charge in [-0.3, -0.25) is 9.59 Å². The Morgan fingerprint density at radius 1 is 1.15 bits per heavy atom. The number of hydrogen-bond acceptors (Lipinski definition) is 4. The zero-order valence-electron chi connectivity index (χ0n) is 18.9. The minimum absolute atomic E-state index is 0.0334. The van der Waals surface area contributed by atoms with E-state index in [1.165, 1.54) is 36.2 Å². The number of nitrogens with zero attached hydrogens (tertiary/aromatic N) is 2. The van der Waals surface area contributed by atoms with E-state index < -0.39 is 28.5 Å². The summed E-state index contributed by atoms with van der Waals surface area (Å²) < 4.78 is 27.6. The molecule has 0 unspecified atom stereocenters. The molecule has 1 N–H and O–H groups in total. The van der Waals surface area contributed by atoms with Crippen LogP contribution in [0.3, 0.4) is 0 Å². The normalized spacial score (nSPS) is 12.4. The number of sulfonamides is 1. The second-order valence-corrected chi connectivity index (χ2v) is 11.1. The zero-order valence-corrected chi connectivity index (χ0v) is 22.1. The third-order valence-corrected chi connectivity index (χ3v) is 7.68. The summed E-state index contributed by atoms with van der Waals surface area (Å²) in [5, 5.41) is 3.26. The van der Waals surface area contributed by atoms with Crippen LogP contribution in [0.1, 0.15) is 32.3 Å². The fourth-order valence-electron chi connectivity index (χ4n) is 3.10. The van der Waals surface area contributed by atoms with E-state index in [0.29, 0.717) is 11.6 Å². The van der Waals surface area contributed by atoms with Crippen LogP contribution >= 0.6 is 27.5 Å². The first-order chi connectivity index (χ1) is 15.6. The summed E-state index contributed by atoms with van der Waals surface area (Å²) in [7, 11) is -2.57. The molecule has 2 amide bonds. The molecule has 2 rings (SSSR count). The van der Waals surface area contributed by atoms with Crippen molar-refractivity contribution in [3.05, 3.63) is 63.6 Å². The largest absolute Gasteiger partial charge is 0.354 e. The molecule has 180 valence electrons. The lowest BCUT2D eigenvalue weighted by atomic mass is 10.1. The average Bonchev–Trinajstić information content (AvgIpc) is 2.77. The number of benzene rings is 2. The molecule has 7 nitrogen and oxygen atoms in total. The van der Waals surface area contributed by atoms with Crippen molar-refractivity contribution >= 4 is 49.4 Å². The molecule has 0 heterocycles. The number of amides is 2. The average molecular weight is 559 g/mol. The number of likely N-dealkylation sites (N-methyl/N-ethyl adjacent to an activating group) is 1. The van der Waals surface area contributed by atoms with Crippen LogP contribution in [0.2, 0.25) is 5.02 Å². The number of halogens is 2. The summed E-state index contributed by atoms with van der Waals surface area (Å²) in [6.07, 6.45) is 1.77. The Morgan fingerprint density at radius 2 is 1.82 bits per heavy atom. The topological polar surface area (TPSA) is 86.8 Å². The van der Waals surface area contributed by atoms with Crippen LogP contribution in [0.5, 0.6) is 0 Å². The second kappa shape index (κ2) is 12.5. The van der Waals surface area contributed by atoms with Gasteiger partial charge in [0.25, 0.3) is 0 Å². The van der Waals surface area contributed by atoms with E-state index in [1.807, 2.05) is 31.2 Å². The summed E-state index contributed by atoms with van der Waals surface area (Å²) in [6, 6.07) is 12.4. The predicted molar refractivity (Wildman–Crippen MR) is 133 cm³/mol. The number of carbonyl (C=O) groups is 2. The fourth-order valence-corrected chi connectivity index (χ4v) is 4.80. The van der Waals surface area contributed by atoms with Crippen molar-refractivity contribution in [1.29, 1.82) is 0 Å². The van der Waals surface area contributed by atoms with E-state index in [-0.39, 0.29) is 17.3 Å². The summed E-state index contributed by atoms with van der Waals surface area (Å²) in [5.74, 6) is -0.761. The highest BCUT2D eigenvalue weighted by Crippen LogP contribution is 2.19. The molecule has 10 heteroatoms. The fraction of sp³-hybridized carbons (Fsp3) is 0.391. The van der Waals surface area contributed by atoms with Crippen molar-refractivity contribution in [1.82, 2.24) is 14.5 Å². The van der Waals surface area contributed by atoms with Gasteiger partial charge in [-0.2, -0.15) is 4.31 Å². The molecule has 2 aromatic carbocycles. The SMILES string of the molecule is CCCCNC(=O)[C@H](C)N(Cc1cccc(Br)c1)C(=O)CN(C)S(=O)(=O)c1ccc(Cl)cc1. The lowest BCUT2D eigenvalue weighted by Crippen LogP contribution is -2.50. The zero-order chi connectivity index (χ0) is 24.6. The van der Waals surface area contributed by atoms with Crippen LogP contribution in [0, 0.1) is 0 Å². The smallest absolute Gasteiger partial charge is 0.243 e. The summed E-state index contributed by atoms with van der Waals surface area (Å²) >= 11 is 9.27. The number of hydrogen-bond donors (Lipinski definition) is 1. The van der Waals surface area contributed by atoms with Crippen molar-refractivity contribution in [2.45, 2.75) is 44.2 Å². The Morgan fingerprint density at radius 3 is 2.42 bits per heavy atom. The summed E-state index contributed by atoms with van der Waals surface area (Å²) in [5.41, 5.74) is 0.814. The molecule has 0 aliphatic carbocycles. The van der Waals surface area contributed by atoms with Crippen LogP contribution in [0.25, 0.3) is 0 Å². The number of nitrogens with one attached hydrogen (secondary N) is 1. The van der Waals surface area contributed by atoms with Gasteiger partial charge in [0, 0.05) is 29.6 Å². The molecular formula is C23H29BrClN3O4S. The molecule has 0 aliphatic rings. The van der Waals surface area contributed by atoms with Gasteiger partial charge < -0.3 is 10.2 Å². The minimum atomic E-state index is -3.91. The molecule has 2 aromatic rings. The van der Waals surface area contributed by atoms with Gasteiger partial charge in [0.05, 0.1) is 11.4 Å². The molecule has 0 fully saturated rings. The Balaban J connectivity index is 2.24. The quantitative estimate of drug-likeness (QED) is 0.422. The van der Waals surface area contributed by atoms with Crippen molar-refractivity contribution in [2.75, 3.05) is 20.1 Å². The highest BCUT2D eigenvalue weighted by Gasteiger charge is 2.30. The highest BCUT2D eigenvalue weighted by molar-refractivity contribution is 9.10. The second-order valence-electron chi connectivity index (χ2n) is 7.69. The first-order valence-corrected chi connectivity index (χ1v) is 13.2. The minimum Gasteiger partial charge on any atom is -0.354 e. The molecule has 33 heavy (non-hydrogen) atoms. The van der Waals surface area contributed by atoms with E-state index >= 15 is 0 Å². The van der Waals surface area contributed by atoms with Gasteiger partial charge in [0.1, 0.15) is 6.04 Å². The van der Waals surface area contributed by atoms with E-state index in [1.54, 1.807) is 6.92 Å². The third-order valence-electron chi connectivity index (χ3n) is 5.12. The Labute approximate surface area is 209 Å². The van der Waals surface area contributed by atoms with E-state index in [0.717, 1.165) is 27.2 Å². The number of unbranched alkanes of at least 4 members (excludes halogenated alkanes) is 1. The van der Waals surface area contributed by atoms with Crippen molar-refractivity contribution in [3.8, 4) is 0 Å². The van der Waals surface area contributed by atoms with Crippen LogP contribution in [0.15, 0.2) is 57.9 Å². The van der Waals surface area contributed by atoms with Gasteiger partial charge in [0.15, 0.2) is 0 Å². The van der Waals surface area contributed by atoms with Gasteiger partial charge in [-0.15, -0.1) is 0 Å².